The Morgan fingerprint density at radius 3 is 2.47 bits per heavy atom. The Kier molecular flexibility index (Phi) is 5.48. The van der Waals surface area contributed by atoms with Crippen molar-refractivity contribution < 1.29 is 14.5 Å². The molecule has 1 unspecified atom stereocenters. The zero-order valence-electron chi connectivity index (χ0n) is 11.3. The Morgan fingerprint density at radius 2 is 2.11 bits per heavy atom. The molecule has 0 aliphatic rings. The van der Waals surface area contributed by atoms with E-state index in [1.807, 2.05) is 32.2 Å². The zero-order valence-corrected chi connectivity index (χ0v) is 14.5. The number of nitrogens with one attached hydrogen (secondary N) is 1. The Morgan fingerprint density at radius 1 is 1.53 bits per heavy atom. The third-order valence-electron chi connectivity index (χ3n) is 2.49. The van der Waals surface area contributed by atoms with E-state index in [0.29, 0.717) is 0 Å². The van der Waals surface area contributed by atoms with E-state index in [1.165, 1.54) is 11.3 Å². The van der Waals surface area contributed by atoms with Crippen molar-refractivity contribution in [3.63, 3.8) is 0 Å². The molecule has 7 heteroatoms. The molecule has 1 rings (SSSR count). The molecule has 0 aliphatic carbocycles. The van der Waals surface area contributed by atoms with Crippen LogP contribution in [0.5, 0.6) is 0 Å². The van der Waals surface area contributed by atoms with Crippen molar-refractivity contribution in [2.24, 2.45) is 0 Å². The molecule has 0 fully saturated rings. The van der Waals surface area contributed by atoms with E-state index in [1.54, 1.807) is 6.92 Å². The van der Waals surface area contributed by atoms with Gasteiger partial charge in [0.2, 0.25) is 0 Å². The number of thiophene rings is 1. The van der Waals surface area contributed by atoms with E-state index in [9.17, 15) is 9.35 Å². The van der Waals surface area contributed by atoms with E-state index >= 15 is 0 Å². The summed E-state index contributed by atoms with van der Waals surface area (Å²) in [7, 11) is 0. The normalized spacial score (nSPS) is 16.9. The Labute approximate surface area is 129 Å². The Bertz CT molecular complexity index is 458. The fourth-order valence-corrected chi connectivity index (χ4v) is 3.94. The fourth-order valence-electron chi connectivity index (χ4n) is 1.44. The van der Waals surface area contributed by atoms with Crippen LogP contribution in [0.4, 0.5) is 0 Å². The molecule has 2 atom stereocenters. The molecule has 0 radical (unpaired) electrons. The van der Waals surface area contributed by atoms with Crippen LogP contribution in [0, 0.1) is 0 Å². The van der Waals surface area contributed by atoms with Crippen LogP contribution < -0.4 is 4.72 Å². The van der Waals surface area contributed by atoms with Gasteiger partial charge in [0.05, 0.1) is 6.42 Å². The molecule has 2 N–H and O–H groups in total. The van der Waals surface area contributed by atoms with Crippen molar-refractivity contribution in [2.75, 3.05) is 0 Å². The standard InChI is InChI=1S/C12H18BrNO3S2/c1-11(2,3)19(17)14-12(4,6-10(15)16)9-5-8(13)7-18-9/h5,7,14H,6H2,1-4H3,(H,15,16)/t12?,19-/m1/s1. The second-order valence-corrected chi connectivity index (χ2v) is 9.31. The molecule has 0 saturated carbocycles. The third kappa shape index (κ3) is 4.75. The summed E-state index contributed by atoms with van der Waals surface area (Å²) in [6.07, 6.45) is -0.123. The zero-order chi connectivity index (χ0) is 14.8. The van der Waals surface area contributed by atoms with Gasteiger partial charge in [-0.1, -0.05) is 0 Å². The van der Waals surface area contributed by atoms with Gasteiger partial charge in [-0.2, -0.15) is 0 Å². The number of carboxylic acid groups (broad SMARTS) is 1. The van der Waals surface area contributed by atoms with Crippen molar-refractivity contribution in [1.82, 2.24) is 4.72 Å². The number of hydrogen-bond donors (Lipinski definition) is 2. The van der Waals surface area contributed by atoms with Crippen LogP contribution in [0.3, 0.4) is 0 Å². The van der Waals surface area contributed by atoms with Crippen molar-refractivity contribution in [3.05, 3.63) is 20.8 Å². The quantitative estimate of drug-likeness (QED) is 0.783. The summed E-state index contributed by atoms with van der Waals surface area (Å²) in [4.78, 5) is 11.9. The highest BCUT2D eigenvalue weighted by atomic mass is 79.9. The molecule has 1 aromatic rings. The second kappa shape index (κ2) is 6.13. The van der Waals surface area contributed by atoms with Crippen molar-refractivity contribution in [3.8, 4) is 0 Å². The molecule has 0 aromatic carbocycles. The van der Waals surface area contributed by atoms with Gasteiger partial charge >= 0.3 is 5.97 Å². The lowest BCUT2D eigenvalue weighted by atomic mass is 9.97. The smallest absolute Gasteiger partial charge is 0.305 e. The molecular weight excluding hydrogens is 350 g/mol. The van der Waals surface area contributed by atoms with E-state index in [2.05, 4.69) is 20.7 Å². The predicted octanol–water partition coefficient (Wildman–Crippen LogP) is 3.25. The first-order chi connectivity index (χ1) is 8.54. The van der Waals surface area contributed by atoms with Gasteiger partial charge in [-0.05, 0) is 49.7 Å². The Balaban J connectivity index is 3.03. The minimum atomic E-state index is -1.34. The van der Waals surface area contributed by atoms with Gasteiger partial charge in [-0.3, -0.25) is 4.79 Å². The lowest BCUT2D eigenvalue weighted by molar-refractivity contribution is -0.138. The van der Waals surface area contributed by atoms with Crippen LogP contribution in [0.25, 0.3) is 0 Å². The number of halogens is 1. The minimum Gasteiger partial charge on any atom is -0.598 e. The molecule has 0 saturated heterocycles. The lowest BCUT2D eigenvalue weighted by Gasteiger charge is -2.33. The summed E-state index contributed by atoms with van der Waals surface area (Å²) in [5.41, 5.74) is -0.847. The molecule has 1 heterocycles. The summed E-state index contributed by atoms with van der Waals surface area (Å²) in [6, 6.07) is 1.86. The molecule has 0 spiro atoms. The van der Waals surface area contributed by atoms with Gasteiger partial charge in [0, 0.05) is 26.1 Å². The van der Waals surface area contributed by atoms with E-state index < -0.39 is 27.6 Å². The van der Waals surface area contributed by atoms with Crippen molar-refractivity contribution >= 4 is 44.6 Å². The van der Waals surface area contributed by atoms with Gasteiger partial charge < -0.3 is 9.66 Å². The molecule has 4 nitrogen and oxygen atoms in total. The monoisotopic (exact) mass is 367 g/mol. The SMILES string of the molecule is CC(CC(=O)O)(N[S@+]([O-])C(C)(C)C)c1cc(Br)cs1. The third-order valence-corrected chi connectivity index (χ3v) is 6.19. The molecule has 19 heavy (non-hydrogen) atoms. The highest BCUT2D eigenvalue weighted by Crippen LogP contribution is 2.34. The van der Waals surface area contributed by atoms with Crippen LogP contribution in [-0.4, -0.2) is 20.4 Å². The summed E-state index contributed by atoms with van der Waals surface area (Å²) >= 11 is 3.46. The Hall–Kier alpha value is -0.0800. The lowest BCUT2D eigenvalue weighted by Crippen LogP contribution is -2.50. The van der Waals surface area contributed by atoms with Gasteiger partial charge in [0.25, 0.3) is 0 Å². The van der Waals surface area contributed by atoms with Gasteiger partial charge in [-0.25, -0.2) is 0 Å². The summed E-state index contributed by atoms with van der Waals surface area (Å²) in [6.45, 7) is 7.31. The molecule has 108 valence electrons. The topological polar surface area (TPSA) is 72.4 Å². The van der Waals surface area contributed by atoms with Crippen molar-refractivity contribution in [1.29, 1.82) is 0 Å². The summed E-state index contributed by atoms with van der Waals surface area (Å²) in [5.74, 6) is -0.926. The van der Waals surface area contributed by atoms with Gasteiger partial charge in [-0.15, -0.1) is 16.1 Å². The minimum absolute atomic E-state index is 0.123. The highest BCUT2D eigenvalue weighted by molar-refractivity contribution is 9.10. The maximum atomic E-state index is 12.2. The number of aliphatic carboxylic acids is 1. The average molecular weight is 368 g/mol. The van der Waals surface area contributed by atoms with E-state index in [-0.39, 0.29) is 6.42 Å². The van der Waals surface area contributed by atoms with Crippen LogP contribution in [0.2, 0.25) is 0 Å². The number of hydrogen-bond acceptors (Lipinski definition) is 4. The highest BCUT2D eigenvalue weighted by Gasteiger charge is 2.39. The summed E-state index contributed by atoms with van der Waals surface area (Å²) in [5, 5.41) is 11.0. The number of carbonyl (C=O) groups is 1. The maximum Gasteiger partial charge on any atom is 0.305 e. The van der Waals surface area contributed by atoms with Crippen LogP contribution in [-0.2, 0) is 21.7 Å². The van der Waals surface area contributed by atoms with Crippen LogP contribution in [0.1, 0.15) is 39.0 Å². The molecule has 0 amide bonds. The van der Waals surface area contributed by atoms with E-state index in [4.69, 9.17) is 5.11 Å². The number of rotatable bonds is 5. The first-order valence-electron chi connectivity index (χ1n) is 5.70. The molecule has 0 aliphatic heterocycles. The predicted molar refractivity (Wildman–Crippen MR) is 82.7 cm³/mol. The van der Waals surface area contributed by atoms with Crippen LogP contribution >= 0.6 is 27.3 Å². The molecular formula is C12H18BrNO3S2. The number of carboxylic acids is 1. The van der Waals surface area contributed by atoms with Crippen LogP contribution in [0.15, 0.2) is 15.9 Å². The first kappa shape index (κ1) is 17.0. The van der Waals surface area contributed by atoms with E-state index in [0.717, 1.165) is 9.35 Å². The van der Waals surface area contributed by atoms with Gasteiger partial charge in [0.15, 0.2) is 0 Å². The average Bonchev–Trinajstić information content (AvgIpc) is 2.62. The second-order valence-electron chi connectivity index (χ2n) is 5.51. The van der Waals surface area contributed by atoms with Crippen molar-refractivity contribution in [2.45, 2.75) is 44.4 Å². The first-order valence-corrected chi connectivity index (χ1v) is 8.53. The largest absolute Gasteiger partial charge is 0.598 e. The maximum absolute atomic E-state index is 12.2. The summed E-state index contributed by atoms with van der Waals surface area (Å²) < 4.78 is 15.7. The molecule has 1 aromatic heterocycles. The van der Waals surface area contributed by atoms with Gasteiger partial charge in [0.1, 0.15) is 10.3 Å². The molecule has 0 bridgehead atoms. The fraction of sp³-hybridized carbons (Fsp3) is 0.583.